The molecule has 0 heterocycles. The minimum absolute atomic E-state index is 0.119. The van der Waals surface area contributed by atoms with Crippen molar-refractivity contribution in [3.05, 3.63) is 61.8 Å². The fourth-order valence-electron chi connectivity index (χ4n) is 4.10. The van der Waals surface area contributed by atoms with Gasteiger partial charge in [-0.05, 0) is 42.4 Å². The standard InChI is InChI=1S/C19H14ClN5O2/c20-16-6-5-11(25(26)27)7-14(16)17-13-4-2-1-3-12(13)15(8-21)18(24)19(17,9-22)10-23/h3,5-7,13,17H,1-2,4,24H2/t13-,17-/m1/s1. The predicted molar refractivity (Wildman–Crippen MR) is 96.8 cm³/mol. The summed E-state index contributed by atoms with van der Waals surface area (Å²) in [6, 6.07) is 9.97. The number of benzene rings is 1. The molecular weight excluding hydrogens is 366 g/mol. The number of nitrogens with two attached hydrogens (primary N) is 1. The Morgan fingerprint density at radius 1 is 1.30 bits per heavy atom. The molecule has 3 rings (SSSR count). The molecule has 2 aliphatic rings. The topological polar surface area (TPSA) is 141 Å². The third-order valence-electron chi connectivity index (χ3n) is 5.32. The maximum absolute atomic E-state index is 11.2. The average Bonchev–Trinajstić information content (AvgIpc) is 2.68. The van der Waals surface area contributed by atoms with Gasteiger partial charge in [-0.1, -0.05) is 17.7 Å². The Kier molecular flexibility index (Phi) is 4.62. The molecule has 0 radical (unpaired) electrons. The van der Waals surface area contributed by atoms with E-state index in [0.717, 1.165) is 12.8 Å². The summed E-state index contributed by atoms with van der Waals surface area (Å²) < 4.78 is 0. The first-order valence-corrected chi connectivity index (χ1v) is 8.66. The van der Waals surface area contributed by atoms with Crippen LogP contribution in [0.4, 0.5) is 5.69 Å². The van der Waals surface area contributed by atoms with Crippen LogP contribution in [0.5, 0.6) is 0 Å². The van der Waals surface area contributed by atoms with Crippen molar-refractivity contribution in [1.29, 1.82) is 15.8 Å². The Morgan fingerprint density at radius 3 is 2.59 bits per heavy atom. The molecule has 1 aromatic carbocycles. The Balaban J connectivity index is 2.37. The van der Waals surface area contributed by atoms with Crippen LogP contribution < -0.4 is 5.73 Å². The van der Waals surface area contributed by atoms with Crippen molar-refractivity contribution in [1.82, 2.24) is 0 Å². The van der Waals surface area contributed by atoms with Gasteiger partial charge in [-0.3, -0.25) is 10.1 Å². The van der Waals surface area contributed by atoms with E-state index < -0.39 is 16.3 Å². The molecule has 0 amide bonds. The van der Waals surface area contributed by atoms with Crippen LogP contribution in [0.3, 0.4) is 0 Å². The van der Waals surface area contributed by atoms with Crippen LogP contribution in [0.25, 0.3) is 0 Å². The van der Waals surface area contributed by atoms with E-state index in [9.17, 15) is 25.9 Å². The molecule has 0 saturated heterocycles. The van der Waals surface area contributed by atoms with Crippen molar-refractivity contribution in [2.45, 2.75) is 25.2 Å². The van der Waals surface area contributed by atoms with E-state index in [2.05, 4.69) is 0 Å². The molecule has 0 bridgehead atoms. The van der Waals surface area contributed by atoms with Crippen molar-refractivity contribution >= 4 is 17.3 Å². The Hall–Kier alpha value is -3.34. The van der Waals surface area contributed by atoms with E-state index in [1.54, 1.807) is 0 Å². The van der Waals surface area contributed by atoms with Crippen molar-refractivity contribution in [3.63, 3.8) is 0 Å². The number of allylic oxidation sites excluding steroid dienone is 4. The third kappa shape index (κ3) is 2.63. The van der Waals surface area contributed by atoms with Gasteiger partial charge in [0.05, 0.1) is 28.3 Å². The molecule has 134 valence electrons. The van der Waals surface area contributed by atoms with E-state index >= 15 is 0 Å². The van der Waals surface area contributed by atoms with Gasteiger partial charge in [-0.15, -0.1) is 0 Å². The van der Waals surface area contributed by atoms with Crippen molar-refractivity contribution in [2.24, 2.45) is 17.1 Å². The Labute approximate surface area is 160 Å². The van der Waals surface area contributed by atoms with Crippen LogP contribution in [0.2, 0.25) is 5.02 Å². The number of nitrogens with zero attached hydrogens (tertiary/aromatic N) is 4. The molecule has 2 atom stereocenters. The molecule has 8 heteroatoms. The summed E-state index contributed by atoms with van der Waals surface area (Å²) in [6.45, 7) is 0. The lowest BCUT2D eigenvalue weighted by Gasteiger charge is -2.43. The van der Waals surface area contributed by atoms with Crippen LogP contribution in [0, 0.1) is 55.4 Å². The highest BCUT2D eigenvalue weighted by Crippen LogP contribution is 2.57. The number of nitro benzene ring substituents is 1. The largest absolute Gasteiger partial charge is 0.399 e. The van der Waals surface area contributed by atoms with Gasteiger partial charge in [0.25, 0.3) is 5.69 Å². The van der Waals surface area contributed by atoms with Gasteiger partial charge in [0.15, 0.2) is 5.41 Å². The summed E-state index contributed by atoms with van der Waals surface area (Å²) >= 11 is 6.34. The fraction of sp³-hybridized carbons (Fsp3) is 0.316. The van der Waals surface area contributed by atoms with Crippen LogP contribution in [0.1, 0.15) is 30.7 Å². The highest BCUT2D eigenvalue weighted by molar-refractivity contribution is 6.31. The van der Waals surface area contributed by atoms with Crippen molar-refractivity contribution in [2.75, 3.05) is 0 Å². The lowest BCUT2D eigenvalue weighted by atomic mass is 9.56. The van der Waals surface area contributed by atoms with Gasteiger partial charge < -0.3 is 5.73 Å². The summed E-state index contributed by atoms with van der Waals surface area (Å²) in [5, 5.41) is 40.9. The zero-order valence-electron chi connectivity index (χ0n) is 14.1. The lowest BCUT2D eigenvalue weighted by molar-refractivity contribution is -0.384. The molecule has 2 N–H and O–H groups in total. The maximum atomic E-state index is 11.2. The van der Waals surface area contributed by atoms with E-state index in [1.807, 2.05) is 24.3 Å². The average molecular weight is 380 g/mol. The number of nitro groups is 1. The van der Waals surface area contributed by atoms with Crippen LogP contribution in [0.15, 0.2) is 41.1 Å². The second-order valence-electron chi connectivity index (χ2n) is 6.57. The van der Waals surface area contributed by atoms with Gasteiger partial charge in [0, 0.05) is 23.1 Å². The van der Waals surface area contributed by atoms with Crippen molar-refractivity contribution < 1.29 is 4.92 Å². The normalized spacial score (nSPS) is 23.3. The highest BCUT2D eigenvalue weighted by atomic mass is 35.5. The SMILES string of the molecule is N#CC1=C(N)C(C#N)(C#N)[C@@H](c2cc([N+](=O)[O-])ccc2Cl)[C@@H]2CCCC=C12. The zero-order chi connectivity index (χ0) is 19.8. The monoisotopic (exact) mass is 379 g/mol. The van der Waals surface area contributed by atoms with Gasteiger partial charge in [-0.2, -0.15) is 15.8 Å². The number of halogens is 1. The minimum atomic E-state index is -1.83. The molecule has 0 fully saturated rings. The first kappa shape index (κ1) is 18.5. The summed E-state index contributed by atoms with van der Waals surface area (Å²) in [5.41, 5.74) is 5.20. The molecule has 0 aliphatic heterocycles. The van der Waals surface area contributed by atoms with Gasteiger partial charge >= 0.3 is 0 Å². The van der Waals surface area contributed by atoms with Crippen LogP contribution in [-0.2, 0) is 0 Å². The molecule has 7 nitrogen and oxygen atoms in total. The lowest BCUT2D eigenvalue weighted by Crippen LogP contribution is -2.42. The molecule has 2 aliphatic carbocycles. The van der Waals surface area contributed by atoms with Crippen LogP contribution >= 0.6 is 11.6 Å². The number of fused-ring (bicyclic) bond motifs is 1. The first-order chi connectivity index (χ1) is 12.9. The highest BCUT2D eigenvalue weighted by Gasteiger charge is 2.54. The van der Waals surface area contributed by atoms with E-state index in [-0.39, 0.29) is 27.9 Å². The van der Waals surface area contributed by atoms with E-state index in [1.165, 1.54) is 18.2 Å². The molecule has 1 aromatic rings. The molecule has 0 spiro atoms. The summed E-state index contributed by atoms with van der Waals surface area (Å²) in [4.78, 5) is 10.7. The molecular formula is C19H14ClN5O2. The second kappa shape index (κ2) is 6.76. The van der Waals surface area contributed by atoms with Gasteiger partial charge in [-0.25, -0.2) is 0 Å². The number of non-ortho nitro benzene ring substituents is 1. The third-order valence-corrected chi connectivity index (χ3v) is 5.67. The number of nitriles is 3. The number of rotatable bonds is 2. The number of hydrogen-bond donors (Lipinski definition) is 1. The van der Waals surface area contributed by atoms with E-state index in [0.29, 0.717) is 17.6 Å². The summed E-state index contributed by atoms with van der Waals surface area (Å²) in [6.07, 6.45) is 4.09. The molecule has 0 saturated carbocycles. The van der Waals surface area contributed by atoms with Crippen LogP contribution in [-0.4, -0.2) is 4.92 Å². The Bertz CT molecular complexity index is 1010. The summed E-state index contributed by atoms with van der Waals surface area (Å²) in [7, 11) is 0. The molecule has 27 heavy (non-hydrogen) atoms. The first-order valence-electron chi connectivity index (χ1n) is 8.28. The molecule has 0 unspecified atom stereocenters. The fourth-order valence-corrected chi connectivity index (χ4v) is 4.34. The Morgan fingerprint density at radius 2 is 2.00 bits per heavy atom. The smallest absolute Gasteiger partial charge is 0.269 e. The van der Waals surface area contributed by atoms with E-state index in [4.69, 9.17) is 17.3 Å². The second-order valence-corrected chi connectivity index (χ2v) is 6.98. The zero-order valence-corrected chi connectivity index (χ0v) is 14.9. The maximum Gasteiger partial charge on any atom is 0.269 e. The summed E-state index contributed by atoms with van der Waals surface area (Å²) in [5.74, 6) is -1.15. The predicted octanol–water partition coefficient (Wildman–Crippen LogP) is 3.84. The number of hydrogen-bond acceptors (Lipinski definition) is 6. The van der Waals surface area contributed by atoms with Gasteiger partial charge in [0.2, 0.25) is 0 Å². The van der Waals surface area contributed by atoms with Gasteiger partial charge in [0.1, 0.15) is 6.07 Å². The molecule has 0 aromatic heterocycles. The van der Waals surface area contributed by atoms with Crippen molar-refractivity contribution in [3.8, 4) is 18.2 Å². The minimum Gasteiger partial charge on any atom is -0.399 e. The quantitative estimate of drug-likeness (QED) is 0.611.